The lowest BCUT2D eigenvalue weighted by Gasteiger charge is -2.13. The van der Waals surface area contributed by atoms with Crippen molar-refractivity contribution in [1.29, 1.82) is 0 Å². The Labute approximate surface area is 142 Å². The van der Waals surface area contributed by atoms with Crippen LogP contribution in [0, 0.1) is 0 Å². The smallest absolute Gasteiger partial charge is 0.272 e. The minimum atomic E-state index is -0.111. The standard InChI is InChI=1S/C15H24N4O3.ClH/c20-15(14-12-9-16-6-4-13(12)18-19-14)17-5-2-7-21-10-11-3-1-8-22-11;/h11,16H,1-10H2,(H,17,20)(H,18,19);1H. The van der Waals surface area contributed by atoms with Crippen LogP contribution in [0.5, 0.6) is 0 Å². The molecular formula is C15H25ClN4O3. The first-order valence-corrected chi connectivity index (χ1v) is 8.09. The van der Waals surface area contributed by atoms with Crippen molar-refractivity contribution in [2.75, 3.05) is 32.9 Å². The molecule has 1 saturated heterocycles. The molecule has 130 valence electrons. The zero-order valence-corrected chi connectivity index (χ0v) is 14.0. The van der Waals surface area contributed by atoms with Crippen molar-refractivity contribution in [3.8, 4) is 0 Å². The van der Waals surface area contributed by atoms with Gasteiger partial charge < -0.3 is 20.1 Å². The van der Waals surface area contributed by atoms with Gasteiger partial charge in [0, 0.05) is 50.5 Å². The van der Waals surface area contributed by atoms with Crippen LogP contribution in [0.2, 0.25) is 0 Å². The number of hydrogen-bond donors (Lipinski definition) is 3. The van der Waals surface area contributed by atoms with Crippen molar-refractivity contribution in [2.24, 2.45) is 0 Å². The number of amides is 1. The number of halogens is 1. The second-order valence-corrected chi connectivity index (χ2v) is 5.78. The Morgan fingerprint density at radius 2 is 2.39 bits per heavy atom. The number of aromatic amines is 1. The Morgan fingerprint density at radius 3 is 3.22 bits per heavy atom. The molecule has 0 spiro atoms. The third-order valence-corrected chi connectivity index (χ3v) is 4.10. The maximum atomic E-state index is 12.1. The first kappa shape index (κ1) is 18.2. The van der Waals surface area contributed by atoms with Gasteiger partial charge in [-0.2, -0.15) is 5.10 Å². The summed E-state index contributed by atoms with van der Waals surface area (Å²) in [5.41, 5.74) is 2.59. The van der Waals surface area contributed by atoms with E-state index in [1.807, 2.05) is 0 Å². The summed E-state index contributed by atoms with van der Waals surface area (Å²) in [5.74, 6) is -0.111. The van der Waals surface area contributed by atoms with Gasteiger partial charge in [0.2, 0.25) is 0 Å². The number of rotatable bonds is 7. The quantitative estimate of drug-likeness (QED) is 0.637. The second-order valence-electron chi connectivity index (χ2n) is 5.78. The van der Waals surface area contributed by atoms with Crippen LogP contribution >= 0.6 is 12.4 Å². The van der Waals surface area contributed by atoms with Gasteiger partial charge in [0.1, 0.15) is 0 Å². The van der Waals surface area contributed by atoms with E-state index in [0.29, 0.717) is 32.0 Å². The van der Waals surface area contributed by atoms with Gasteiger partial charge in [-0.1, -0.05) is 0 Å². The van der Waals surface area contributed by atoms with E-state index in [0.717, 1.165) is 50.1 Å². The van der Waals surface area contributed by atoms with Crippen molar-refractivity contribution < 1.29 is 14.3 Å². The van der Waals surface area contributed by atoms with E-state index in [9.17, 15) is 4.79 Å². The van der Waals surface area contributed by atoms with Crippen molar-refractivity contribution >= 4 is 18.3 Å². The van der Waals surface area contributed by atoms with Crippen molar-refractivity contribution in [3.63, 3.8) is 0 Å². The number of aromatic nitrogens is 2. The molecule has 3 N–H and O–H groups in total. The molecule has 1 fully saturated rings. The first-order valence-electron chi connectivity index (χ1n) is 8.09. The van der Waals surface area contributed by atoms with Gasteiger partial charge in [0.25, 0.3) is 5.91 Å². The number of H-pyrrole nitrogens is 1. The van der Waals surface area contributed by atoms with Gasteiger partial charge >= 0.3 is 0 Å². The van der Waals surface area contributed by atoms with Gasteiger partial charge in [-0.3, -0.25) is 9.89 Å². The average molecular weight is 345 g/mol. The fourth-order valence-electron chi connectivity index (χ4n) is 2.86. The highest BCUT2D eigenvalue weighted by Gasteiger charge is 2.21. The predicted octanol–water partition coefficient (Wildman–Crippen LogP) is 0.793. The maximum absolute atomic E-state index is 12.1. The average Bonchev–Trinajstić information content (AvgIpc) is 3.19. The van der Waals surface area contributed by atoms with Crippen molar-refractivity contribution in [3.05, 3.63) is 17.0 Å². The number of ether oxygens (including phenoxy) is 2. The Balaban J connectivity index is 0.00000192. The molecular weight excluding hydrogens is 320 g/mol. The minimum absolute atomic E-state index is 0. The van der Waals surface area contributed by atoms with E-state index in [1.54, 1.807) is 0 Å². The Kier molecular flexibility index (Phi) is 7.29. The van der Waals surface area contributed by atoms with Crippen molar-refractivity contribution in [2.45, 2.75) is 38.3 Å². The summed E-state index contributed by atoms with van der Waals surface area (Å²) >= 11 is 0. The molecule has 23 heavy (non-hydrogen) atoms. The molecule has 0 bridgehead atoms. The largest absolute Gasteiger partial charge is 0.379 e. The molecule has 8 heteroatoms. The van der Waals surface area contributed by atoms with Gasteiger partial charge in [-0.05, 0) is 19.3 Å². The number of carbonyl (C=O) groups excluding carboxylic acids is 1. The molecule has 1 atom stereocenters. The van der Waals surface area contributed by atoms with Crippen LogP contribution in [0.25, 0.3) is 0 Å². The zero-order valence-electron chi connectivity index (χ0n) is 13.2. The van der Waals surface area contributed by atoms with Crippen molar-refractivity contribution in [1.82, 2.24) is 20.8 Å². The summed E-state index contributed by atoms with van der Waals surface area (Å²) in [6.07, 6.45) is 4.18. The topological polar surface area (TPSA) is 88.3 Å². The van der Waals surface area contributed by atoms with Crippen LogP contribution in [0.1, 0.15) is 41.0 Å². The highest BCUT2D eigenvalue weighted by Crippen LogP contribution is 2.15. The maximum Gasteiger partial charge on any atom is 0.272 e. The van der Waals surface area contributed by atoms with Gasteiger partial charge in [-0.15, -0.1) is 12.4 Å². The predicted molar refractivity (Wildman–Crippen MR) is 88.0 cm³/mol. The SMILES string of the molecule is Cl.O=C(NCCCOCC1CCCO1)c1n[nH]c2c1CNCC2. The van der Waals surface area contributed by atoms with Gasteiger partial charge in [-0.25, -0.2) is 0 Å². The molecule has 1 aromatic heterocycles. The summed E-state index contributed by atoms with van der Waals surface area (Å²) in [7, 11) is 0. The molecule has 0 radical (unpaired) electrons. The van der Waals surface area contributed by atoms with Crippen LogP contribution in [-0.4, -0.2) is 55.1 Å². The summed E-state index contributed by atoms with van der Waals surface area (Å²) in [4.78, 5) is 12.1. The van der Waals surface area contributed by atoms with Crippen LogP contribution in [0.15, 0.2) is 0 Å². The molecule has 0 aliphatic carbocycles. The Bertz CT molecular complexity index is 503. The van der Waals surface area contributed by atoms with E-state index in [4.69, 9.17) is 9.47 Å². The van der Waals surface area contributed by atoms with Crippen LogP contribution in [-0.2, 0) is 22.4 Å². The number of fused-ring (bicyclic) bond motifs is 1. The highest BCUT2D eigenvalue weighted by molar-refractivity contribution is 5.94. The summed E-state index contributed by atoms with van der Waals surface area (Å²) in [5, 5.41) is 13.3. The van der Waals surface area contributed by atoms with Gasteiger partial charge in [0.15, 0.2) is 5.69 Å². The van der Waals surface area contributed by atoms with E-state index < -0.39 is 0 Å². The van der Waals surface area contributed by atoms with Gasteiger partial charge in [0.05, 0.1) is 12.7 Å². The van der Waals surface area contributed by atoms with Crippen LogP contribution in [0.3, 0.4) is 0 Å². The molecule has 3 rings (SSSR count). The molecule has 3 heterocycles. The molecule has 1 unspecified atom stereocenters. The normalized spacial score (nSPS) is 19.9. The van der Waals surface area contributed by atoms with E-state index in [-0.39, 0.29) is 24.4 Å². The third kappa shape index (κ3) is 4.91. The summed E-state index contributed by atoms with van der Waals surface area (Å²) in [6.45, 7) is 4.39. The fourth-order valence-corrected chi connectivity index (χ4v) is 2.86. The number of nitrogens with zero attached hydrogens (tertiary/aromatic N) is 1. The molecule has 7 nitrogen and oxygen atoms in total. The zero-order chi connectivity index (χ0) is 15.2. The van der Waals surface area contributed by atoms with E-state index in [2.05, 4.69) is 20.8 Å². The number of nitrogens with one attached hydrogen (secondary N) is 3. The molecule has 1 amide bonds. The molecule has 1 aromatic rings. The fraction of sp³-hybridized carbons (Fsp3) is 0.733. The minimum Gasteiger partial charge on any atom is -0.379 e. The first-order chi connectivity index (χ1) is 10.8. The lowest BCUT2D eigenvalue weighted by molar-refractivity contribution is 0.0166. The molecule has 0 aromatic carbocycles. The summed E-state index contributed by atoms with van der Waals surface area (Å²) < 4.78 is 11.1. The molecule has 2 aliphatic heterocycles. The summed E-state index contributed by atoms with van der Waals surface area (Å²) in [6, 6.07) is 0. The Morgan fingerprint density at radius 1 is 1.48 bits per heavy atom. The van der Waals surface area contributed by atoms with Crippen LogP contribution in [0.4, 0.5) is 0 Å². The molecule has 2 aliphatic rings. The van der Waals surface area contributed by atoms with Crippen LogP contribution < -0.4 is 10.6 Å². The monoisotopic (exact) mass is 344 g/mol. The number of carbonyl (C=O) groups is 1. The van der Waals surface area contributed by atoms with E-state index in [1.165, 1.54) is 0 Å². The number of hydrogen-bond acceptors (Lipinski definition) is 5. The molecule has 0 saturated carbocycles. The van der Waals surface area contributed by atoms with E-state index >= 15 is 0 Å². The second kappa shape index (κ2) is 9.22. The highest BCUT2D eigenvalue weighted by atomic mass is 35.5. The lowest BCUT2D eigenvalue weighted by atomic mass is 10.1. The third-order valence-electron chi connectivity index (χ3n) is 4.10. The Hall–Kier alpha value is -1.15. The lowest BCUT2D eigenvalue weighted by Crippen LogP contribution is -2.29.